The number of aromatic nitrogens is 4. The van der Waals surface area contributed by atoms with Crippen LogP contribution in [0.5, 0.6) is 5.75 Å². The van der Waals surface area contributed by atoms with Gasteiger partial charge in [-0.25, -0.2) is 4.39 Å². The van der Waals surface area contributed by atoms with Crippen molar-refractivity contribution in [2.75, 3.05) is 0 Å². The summed E-state index contributed by atoms with van der Waals surface area (Å²) in [5, 5.41) is 20.9. The lowest BCUT2D eigenvalue weighted by molar-refractivity contribution is 0.189. The normalized spacial score (nSPS) is 12.4. The maximum atomic E-state index is 13.1. The van der Waals surface area contributed by atoms with Crippen molar-refractivity contribution in [3.8, 4) is 5.75 Å². The molecular weight excluding hydrogens is 239 g/mol. The molecule has 0 bridgehead atoms. The van der Waals surface area contributed by atoms with Crippen LogP contribution in [-0.4, -0.2) is 25.3 Å². The Kier molecular flexibility index (Phi) is 3.52. The Morgan fingerprint density at radius 1 is 1.50 bits per heavy atom. The van der Waals surface area contributed by atoms with E-state index < -0.39 is 11.9 Å². The summed E-state index contributed by atoms with van der Waals surface area (Å²) in [6.07, 6.45) is -0.814. The molecule has 0 spiro atoms. The zero-order valence-corrected chi connectivity index (χ0v) is 10.0. The molecule has 0 saturated heterocycles. The molecule has 0 amide bonds. The van der Waals surface area contributed by atoms with Crippen molar-refractivity contribution in [1.29, 1.82) is 0 Å². The van der Waals surface area contributed by atoms with Crippen LogP contribution in [0.25, 0.3) is 0 Å². The number of tetrazole rings is 1. The minimum atomic E-state index is -0.814. The molecule has 96 valence electrons. The molecule has 1 aromatic carbocycles. The van der Waals surface area contributed by atoms with E-state index in [-0.39, 0.29) is 6.61 Å². The van der Waals surface area contributed by atoms with Crippen LogP contribution in [0.4, 0.5) is 4.39 Å². The van der Waals surface area contributed by atoms with E-state index in [2.05, 4.69) is 15.4 Å². The number of benzene rings is 1. The van der Waals surface area contributed by atoms with Crippen molar-refractivity contribution in [2.45, 2.75) is 19.6 Å². The summed E-state index contributed by atoms with van der Waals surface area (Å²) in [5.41, 5.74) is 0.388. The first-order chi connectivity index (χ1) is 8.56. The highest BCUT2D eigenvalue weighted by molar-refractivity contribution is 5.35. The van der Waals surface area contributed by atoms with Gasteiger partial charge in [0.15, 0.2) is 6.61 Å². The Hall–Kier alpha value is -2.02. The van der Waals surface area contributed by atoms with E-state index in [4.69, 9.17) is 4.74 Å². The second-order valence-corrected chi connectivity index (χ2v) is 3.84. The molecule has 0 aliphatic carbocycles. The Bertz CT molecular complexity index is 542. The molecule has 1 heterocycles. The van der Waals surface area contributed by atoms with Gasteiger partial charge in [0.1, 0.15) is 11.6 Å². The molecule has 0 unspecified atom stereocenters. The number of hydrogen-bond donors (Lipinski definition) is 1. The highest BCUT2D eigenvalue weighted by atomic mass is 19.1. The monoisotopic (exact) mass is 252 g/mol. The molecule has 1 atom stereocenters. The molecule has 0 radical (unpaired) electrons. The van der Waals surface area contributed by atoms with Crippen LogP contribution in [0, 0.1) is 5.82 Å². The highest BCUT2D eigenvalue weighted by Gasteiger charge is 2.11. The van der Waals surface area contributed by atoms with Crippen LogP contribution in [0.3, 0.4) is 0 Å². The molecule has 6 nitrogen and oxygen atoms in total. The fourth-order valence-corrected chi connectivity index (χ4v) is 1.50. The fourth-order valence-electron chi connectivity index (χ4n) is 1.50. The lowest BCUT2D eigenvalue weighted by Crippen LogP contribution is -2.03. The summed E-state index contributed by atoms with van der Waals surface area (Å²) in [6, 6.07) is 3.98. The number of ether oxygens (including phenoxy) is 1. The van der Waals surface area contributed by atoms with Gasteiger partial charge >= 0.3 is 0 Å². The van der Waals surface area contributed by atoms with Crippen LogP contribution in [0.15, 0.2) is 18.2 Å². The average Bonchev–Trinajstić information content (AvgIpc) is 2.73. The molecule has 2 rings (SSSR count). The van der Waals surface area contributed by atoms with E-state index in [0.717, 1.165) is 0 Å². The second-order valence-electron chi connectivity index (χ2n) is 3.84. The van der Waals surface area contributed by atoms with Crippen molar-refractivity contribution in [1.82, 2.24) is 20.2 Å². The van der Waals surface area contributed by atoms with E-state index in [9.17, 15) is 9.50 Å². The number of halogens is 1. The Balaban J connectivity index is 2.13. The van der Waals surface area contributed by atoms with Crippen molar-refractivity contribution in [3.63, 3.8) is 0 Å². The topological polar surface area (TPSA) is 73.1 Å². The first-order valence-electron chi connectivity index (χ1n) is 5.39. The molecule has 0 aliphatic rings. The maximum Gasteiger partial charge on any atom is 0.212 e. The summed E-state index contributed by atoms with van der Waals surface area (Å²) in [5.74, 6) is 0.396. The largest absolute Gasteiger partial charge is 0.485 e. The smallest absolute Gasteiger partial charge is 0.212 e. The molecule has 2 aromatic rings. The van der Waals surface area contributed by atoms with Crippen LogP contribution in [0.2, 0.25) is 0 Å². The van der Waals surface area contributed by atoms with Crippen LogP contribution >= 0.6 is 0 Å². The van der Waals surface area contributed by atoms with Gasteiger partial charge in [-0.1, -0.05) is 0 Å². The van der Waals surface area contributed by atoms with Gasteiger partial charge in [-0.05, 0) is 30.3 Å². The van der Waals surface area contributed by atoms with Gasteiger partial charge in [0, 0.05) is 5.56 Å². The molecule has 1 aromatic heterocycles. The standard InChI is InChI=1S/C11H13FN4O2/c1-7(17)9-5-8(12)3-4-10(9)18-6-11-13-15-16(2)14-11/h3-5,7,17H,6H2,1-2H3/t7-/m0/s1. The van der Waals surface area contributed by atoms with Gasteiger partial charge in [0.2, 0.25) is 5.82 Å². The predicted molar refractivity (Wildman–Crippen MR) is 60.2 cm³/mol. The summed E-state index contributed by atoms with van der Waals surface area (Å²) in [6.45, 7) is 1.65. The van der Waals surface area contributed by atoms with E-state index >= 15 is 0 Å². The average molecular weight is 252 g/mol. The zero-order chi connectivity index (χ0) is 13.1. The third-order valence-electron chi connectivity index (χ3n) is 2.33. The molecule has 0 saturated carbocycles. The molecule has 1 N–H and O–H groups in total. The first-order valence-corrected chi connectivity index (χ1v) is 5.39. The van der Waals surface area contributed by atoms with E-state index in [1.54, 1.807) is 14.0 Å². The summed E-state index contributed by atoms with van der Waals surface area (Å²) >= 11 is 0. The lowest BCUT2D eigenvalue weighted by Gasteiger charge is -2.12. The Morgan fingerprint density at radius 2 is 2.28 bits per heavy atom. The minimum Gasteiger partial charge on any atom is -0.485 e. The number of hydrogen-bond acceptors (Lipinski definition) is 5. The highest BCUT2D eigenvalue weighted by Crippen LogP contribution is 2.26. The molecule has 0 fully saturated rings. The van der Waals surface area contributed by atoms with Gasteiger partial charge in [0.05, 0.1) is 13.2 Å². The summed E-state index contributed by atoms with van der Waals surface area (Å²) in [7, 11) is 1.65. The van der Waals surface area contributed by atoms with Gasteiger partial charge < -0.3 is 9.84 Å². The number of nitrogens with zero attached hydrogens (tertiary/aromatic N) is 4. The third-order valence-corrected chi connectivity index (χ3v) is 2.33. The van der Waals surface area contributed by atoms with Crippen molar-refractivity contribution in [3.05, 3.63) is 35.4 Å². The van der Waals surface area contributed by atoms with Crippen LogP contribution in [0.1, 0.15) is 24.4 Å². The zero-order valence-electron chi connectivity index (χ0n) is 10.0. The van der Waals surface area contributed by atoms with Gasteiger partial charge in [-0.2, -0.15) is 4.80 Å². The van der Waals surface area contributed by atoms with E-state index in [0.29, 0.717) is 17.1 Å². The summed E-state index contributed by atoms with van der Waals surface area (Å²) < 4.78 is 18.5. The molecule has 7 heteroatoms. The van der Waals surface area contributed by atoms with E-state index in [1.807, 2.05) is 0 Å². The molecule has 0 aliphatic heterocycles. The van der Waals surface area contributed by atoms with Crippen molar-refractivity contribution in [2.24, 2.45) is 7.05 Å². The van der Waals surface area contributed by atoms with Crippen LogP contribution < -0.4 is 4.74 Å². The van der Waals surface area contributed by atoms with Gasteiger partial charge in [-0.3, -0.25) is 0 Å². The first kappa shape index (κ1) is 12.4. The Morgan fingerprint density at radius 3 is 2.89 bits per heavy atom. The number of aliphatic hydroxyl groups is 1. The van der Waals surface area contributed by atoms with Crippen molar-refractivity contribution >= 4 is 0 Å². The number of aryl methyl sites for hydroxylation is 1. The van der Waals surface area contributed by atoms with Crippen LogP contribution in [-0.2, 0) is 13.7 Å². The Labute approximate surface area is 103 Å². The molecular formula is C11H13FN4O2. The van der Waals surface area contributed by atoms with Gasteiger partial charge in [0.25, 0.3) is 0 Å². The van der Waals surface area contributed by atoms with E-state index in [1.165, 1.54) is 23.0 Å². The quantitative estimate of drug-likeness (QED) is 0.878. The SMILES string of the molecule is C[C@H](O)c1cc(F)ccc1OCc1nnn(C)n1. The van der Waals surface area contributed by atoms with Gasteiger partial charge in [-0.15, -0.1) is 10.2 Å². The third kappa shape index (κ3) is 2.80. The minimum absolute atomic E-state index is 0.110. The predicted octanol–water partition coefficient (Wildman–Crippen LogP) is 0.981. The molecule has 18 heavy (non-hydrogen) atoms. The number of rotatable bonds is 4. The van der Waals surface area contributed by atoms with Crippen molar-refractivity contribution < 1.29 is 14.2 Å². The second kappa shape index (κ2) is 5.09. The fraction of sp³-hybridized carbons (Fsp3) is 0.364. The summed E-state index contributed by atoms with van der Waals surface area (Å²) in [4.78, 5) is 1.32. The lowest BCUT2D eigenvalue weighted by atomic mass is 10.1. The maximum absolute atomic E-state index is 13.1. The number of aliphatic hydroxyl groups excluding tert-OH is 1.